The molecule has 0 bridgehead atoms. The predicted octanol–water partition coefficient (Wildman–Crippen LogP) is 4.00. The van der Waals surface area contributed by atoms with E-state index in [1.54, 1.807) is 0 Å². The van der Waals surface area contributed by atoms with E-state index in [1.807, 2.05) is 6.07 Å². The van der Waals surface area contributed by atoms with Crippen molar-refractivity contribution in [2.75, 3.05) is 0 Å². The van der Waals surface area contributed by atoms with Crippen LogP contribution in [0.4, 0.5) is 0 Å². The monoisotopic (exact) mass is 213 g/mol. The van der Waals surface area contributed by atoms with Crippen molar-refractivity contribution >= 4 is 5.71 Å². The first-order chi connectivity index (χ1) is 7.90. The molecule has 0 aromatic heterocycles. The van der Waals surface area contributed by atoms with Gasteiger partial charge in [0.1, 0.15) is 0 Å². The normalized spacial score (nSPS) is 21.8. The van der Waals surface area contributed by atoms with Crippen molar-refractivity contribution in [1.82, 2.24) is 0 Å². The molecule has 16 heavy (non-hydrogen) atoms. The number of unbranched alkanes of at least 4 members (excludes halogenated alkanes) is 1. The van der Waals surface area contributed by atoms with Gasteiger partial charge >= 0.3 is 0 Å². The Bertz CT molecular complexity index is 376. The molecule has 1 aliphatic carbocycles. The summed E-state index contributed by atoms with van der Waals surface area (Å²) in [6, 6.07) is 10.5. The minimum Gasteiger partial charge on any atom is -0.289 e. The zero-order valence-electron chi connectivity index (χ0n) is 9.89. The maximum Gasteiger partial charge on any atom is 0.0639 e. The van der Waals surface area contributed by atoms with Crippen LogP contribution in [-0.4, -0.2) is 5.71 Å². The summed E-state index contributed by atoms with van der Waals surface area (Å²) in [5, 5.41) is 0. The Hall–Kier alpha value is -1.37. The molecule has 2 rings (SSSR count). The van der Waals surface area contributed by atoms with Crippen LogP contribution in [0.25, 0.3) is 0 Å². The zero-order chi connectivity index (χ0) is 11.2. The van der Waals surface area contributed by atoms with E-state index < -0.39 is 0 Å². The molecular formula is C15H19N. The van der Waals surface area contributed by atoms with Crippen LogP contribution in [0.5, 0.6) is 0 Å². The molecule has 1 aromatic rings. The summed E-state index contributed by atoms with van der Waals surface area (Å²) in [7, 11) is 0. The van der Waals surface area contributed by atoms with E-state index in [4.69, 9.17) is 0 Å². The predicted molar refractivity (Wildman–Crippen MR) is 69.7 cm³/mol. The van der Waals surface area contributed by atoms with Crippen LogP contribution in [-0.2, 0) is 6.54 Å². The third-order valence-corrected chi connectivity index (χ3v) is 2.83. The molecule has 1 unspecified atom stereocenters. The molecule has 0 saturated heterocycles. The van der Waals surface area contributed by atoms with Crippen LogP contribution >= 0.6 is 0 Å². The highest BCUT2D eigenvalue weighted by Crippen LogP contribution is 2.28. The molecule has 0 heterocycles. The Morgan fingerprint density at radius 3 is 2.88 bits per heavy atom. The molecule has 0 radical (unpaired) electrons. The van der Waals surface area contributed by atoms with E-state index >= 15 is 0 Å². The van der Waals surface area contributed by atoms with Crippen molar-refractivity contribution in [2.45, 2.75) is 32.7 Å². The molecule has 0 N–H and O–H groups in total. The van der Waals surface area contributed by atoms with E-state index in [-0.39, 0.29) is 0 Å². The van der Waals surface area contributed by atoms with E-state index in [1.165, 1.54) is 30.5 Å². The van der Waals surface area contributed by atoms with Gasteiger partial charge in [0.05, 0.1) is 6.54 Å². The third-order valence-electron chi connectivity index (χ3n) is 2.83. The van der Waals surface area contributed by atoms with Gasteiger partial charge in [-0.1, -0.05) is 55.8 Å². The maximum atomic E-state index is 4.63. The lowest BCUT2D eigenvalue weighted by Gasteiger charge is -1.93. The highest BCUT2D eigenvalue weighted by molar-refractivity contribution is 6.02. The number of benzene rings is 1. The molecule has 1 saturated carbocycles. The van der Waals surface area contributed by atoms with Gasteiger partial charge in [-0.05, 0) is 18.4 Å². The van der Waals surface area contributed by atoms with Gasteiger partial charge in [-0.3, -0.25) is 4.99 Å². The summed E-state index contributed by atoms with van der Waals surface area (Å²) < 4.78 is 0. The summed E-state index contributed by atoms with van der Waals surface area (Å²) in [5.41, 5.74) is 2.68. The molecule has 1 aromatic carbocycles. The van der Waals surface area contributed by atoms with Gasteiger partial charge in [0.25, 0.3) is 0 Å². The number of rotatable bonds is 5. The third kappa shape index (κ3) is 3.34. The quantitative estimate of drug-likeness (QED) is 0.655. The molecule has 1 nitrogen and oxygen atoms in total. The minimum absolute atomic E-state index is 0.648. The van der Waals surface area contributed by atoms with Gasteiger partial charge in [0.15, 0.2) is 0 Å². The first-order valence-corrected chi connectivity index (χ1v) is 6.14. The highest BCUT2D eigenvalue weighted by atomic mass is 14.8. The highest BCUT2D eigenvalue weighted by Gasteiger charge is 2.28. The van der Waals surface area contributed by atoms with Crippen LogP contribution in [0.2, 0.25) is 0 Å². The lowest BCUT2D eigenvalue weighted by Crippen LogP contribution is -1.81. The van der Waals surface area contributed by atoms with Gasteiger partial charge in [0, 0.05) is 11.6 Å². The summed E-state index contributed by atoms with van der Waals surface area (Å²) in [6.45, 7) is 3.05. The molecule has 0 spiro atoms. The average molecular weight is 213 g/mol. The molecule has 84 valence electrons. The van der Waals surface area contributed by atoms with Crippen molar-refractivity contribution in [3.63, 3.8) is 0 Å². The Morgan fingerprint density at radius 2 is 2.12 bits per heavy atom. The van der Waals surface area contributed by atoms with Crippen molar-refractivity contribution in [1.29, 1.82) is 0 Å². The van der Waals surface area contributed by atoms with Gasteiger partial charge < -0.3 is 0 Å². The van der Waals surface area contributed by atoms with Crippen LogP contribution in [0, 0.1) is 5.92 Å². The number of allylic oxidation sites excluding steroid dienone is 2. The van der Waals surface area contributed by atoms with Crippen LogP contribution in [0.1, 0.15) is 31.7 Å². The first kappa shape index (κ1) is 11.1. The Kier molecular flexibility index (Phi) is 3.92. The minimum atomic E-state index is 0.648. The van der Waals surface area contributed by atoms with E-state index in [0.29, 0.717) is 5.92 Å². The second kappa shape index (κ2) is 5.64. The number of aliphatic imine (C=N–C) groups is 1. The summed E-state index contributed by atoms with van der Waals surface area (Å²) in [5.74, 6) is 0.648. The van der Waals surface area contributed by atoms with Crippen LogP contribution in [0.15, 0.2) is 47.5 Å². The van der Waals surface area contributed by atoms with Crippen LogP contribution in [0.3, 0.4) is 0 Å². The molecule has 0 amide bonds. The zero-order valence-corrected chi connectivity index (χ0v) is 9.89. The largest absolute Gasteiger partial charge is 0.289 e. The first-order valence-electron chi connectivity index (χ1n) is 6.14. The fourth-order valence-electron chi connectivity index (χ4n) is 1.73. The summed E-state index contributed by atoms with van der Waals surface area (Å²) in [4.78, 5) is 4.63. The average Bonchev–Trinajstić information content (AvgIpc) is 3.07. The smallest absolute Gasteiger partial charge is 0.0639 e. The number of hydrogen-bond acceptors (Lipinski definition) is 1. The molecule has 0 aliphatic heterocycles. The lowest BCUT2D eigenvalue weighted by molar-refractivity contribution is 0.949. The van der Waals surface area contributed by atoms with E-state index in [9.17, 15) is 0 Å². The fraction of sp³-hybridized carbons (Fsp3) is 0.400. The summed E-state index contributed by atoms with van der Waals surface area (Å²) >= 11 is 0. The molecular weight excluding hydrogens is 194 g/mol. The second-order valence-corrected chi connectivity index (χ2v) is 4.32. The SMILES string of the molecule is CCC/C=C\C1CC1=NCc1ccccc1. The van der Waals surface area contributed by atoms with Gasteiger partial charge in [0.2, 0.25) is 0 Å². The van der Waals surface area contributed by atoms with Crippen molar-refractivity contribution in [3.8, 4) is 0 Å². The molecule has 1 aliphatic rings. The Morgan fingerprint density at radius 1 is 1.31 bits per heavy atom. The van der Waals surface area contributed by atoms with Gasteiger partial charge in [-0.25, -0.2) is 0 Å². The van der Waals surface area contributed by atoms with E-state index in [0.717, 1.165) is 6.54 Å². The maximum absolute atomic E-state index is 4.63. The number of nitrogens with zero attached hydrogens (tertiary/aromatic N) is 1. The van der Waals surface area contributed by atoms with Crippen LogP contribution < -0.4 is 0 Å². The standard InChI is InChI=1S/C15H19N/c1-2-3-5-10-14-11-15(14)16-12-13-8-6-4-7-9-13/h4-10,14H,2-3,11-12H2,1H3/b10-5-,16-15?. The summed E-state index contributed by atoms with van der Waals surface area (Å²) in [6.07, 6.45) is 8.21. The fourth-order valence-corrected chi connectivity index (χ4v) is 1.73. The number of hydrogen-bond donors (Lipinski definition) is 0. The topological polar surface area (TPSA) is 12.4 Å². The molecule has 1 heteroatoms. The van der Waals surface area contributed by atoms with Crippen molar-refractivity contribution < 1.29 is 0 Å². The van der Waals surface area contributed by atoms with Crippen molar-refractivity contribution in [2.24, 2.45) is 10.9 Å². The van der Waals surface area contributed by atoms with Gasteiger partial charge in [-0.2, -0.15) is 0 Å². The van der Waals surface area contributed by atoms with Crippen molar-refractivity contribution in [3.05, 3.63) is 48.0 Å². The lowest BCUT2D eigenvalue weighted by atomic mass is 10.2. The molecule has 1 fully saturated rings. The second-order valence-electron chi connectivity index (χ2n) is 4.32. The Balaban J connectivity index is 1.79. The molecule has 1 atom stereocenters. The Labute approximate surface area is 97.9 Å². The van der Waals surface area contributed by atoms with E-state index in [2.05, 4.69) is 48.3 Å². The van der Waals surface area contributed by atoms with Gasteiger partial charge in [-0.15, -0.1) is 0 Å².